The first-order valence-electron chi connectivity index (χ1n) is 12.2. The number of phenols is 1. The van der Waals surface area contributed by atoms with Gasteiger partial charge in [0.2, 0.25) is 0 Å². The summed E-state index contributed by atoms with van der Waals surface area (Å²) in [6, 6.07) is 1.86. The van der Waals surface area contributed by atoms with Crippen LogP contribution in [-0.2, 0) is 11.2 Å². The molecule has 33 heavy (non-hydrogen) atoms. The van der Waals surface area contributed by atoms with Crippen molar-refractivity contribution in [1.29, 1.82) is 0 Å². The molecule has 4 heteroatoms. The van der Waals surface area contributed by atoms with Crippen molar-refractivity contribution in [3.63, 3.8) is 0 Å². The molecule has 2 N–H and O–H groups in total. The van der Waals surface area contributed by atoms with Gasteiger partial charge in [-0.25, -0.2) is 4.79 Å². The number of rotatable bonds is 10. The Morgan fingerprint density at radius 1 is 1.15 bits per heavy atom. The quantitative estimate of drug-likeness (QED) is 0.282. The first-order valence-corrected chi connectivity index (χ1v) is 12.2. The van der Waals surface area contributed by atoms with Crippen molar-refractivity contribution in [2.75, 3.05) is 0 Å². The molecule has 0 spiro atoms. The monoisotopic (exact) mass is 454 g/mol. The third-order valence-corrected chi connectivity index (χ3v) is 6.87. The van der Waals surface area contributed by atoms with Crippen LogP contribution in [0.3, 0.4) is 0 Å². The van der Waals surface area contributed by atoms with Gasteiger partial charge < -0.3 is 14.9 Å². The summed E-state index contributed by atoms with van der Waals surface area (Å²) in [5.74, 6) is 0.711. The number of benzene rings is 1. The van der Waals surface area contributed by atoms with Crippen LogP contribution in [0.25, 0.3) is 0 Å². The summed E-state index contributed by atoms with van der Waals surface area (Å²) in [5.41, 5.74) is 6.01. The van der Waals surface area contributed by atoms with Crippen LogP contribution in [0.4, 0.5) is 0 Å². The number of aromatic hydroxyl groups is 1. The average molecular weight is 455 g/mol. The van der Waals surface area contributed by atoms with E-state index >= 15 is 0 Å². The second kappa shape index (κ2) is 11.6. The van der Waals surface area contributed by atoms with Gasteiger partial charge in [0, 0.05) is 5.57 Å². The minimum Gasteiger partial charge on any atom is -0.508 e. The van der Waals surface area contributed by atoms with Gasteiger partial charge in [0.15, 0.2) is 0 Å². The summed E-state index contributed by atoms with van der Waals surface area (Å²) >= 11 is 0. The van der Waals surface area contributed by atoms with Gasteiger partial charge in [-0.1, -0.05) is 36.3 Å². The lowest BCUT2D eigenvalue weighted by molar-refractivity contribution is -0.132. The first kappa shape index (κ1) is 26.8. The molecule has 1 aliphatic heterocycles. The number of carboxylic acid groups (broad SMARTS) is 1. The van der Waals surface area contributed by atoms with Crippen LogP contribution < -0.4 is 4.74 Å². The molecule has 1 unspecified atom stereocenters. The zero-order chi connectivity index (χ0) is 24.8. The molecule has 1 aromatic rings. The molecule has 0 bridgehead atoms. The van der Waals surface area contributed by atoms with E-state index in [1.807, 2.05) is 26.0 Å². The number of ether oxygens (including phenoxy) is 1. The maximum atomic E-state index is 11.0. The lowest BCUT2D eigenvalue weighted by Gasteiger charge is -2.37. The van der Waals surface area contributed by atoms with Crippen molar-refractivity contribution in [2.24, 2.45) is 5.92 Å². The molecule has 2 rings (SSSR count). The zero-order valence-corrected chi connectivity index (χ0v) is 21.5. The topological polar surface area (TPSA) is 66.8 Å². The van der Waals surface area contributed by atoms with Gasteiger partial charge in [0.1, 0.15) is 17.1 Å². The third-order valence-electron chi connectivity index (χ3n) is 6.87. The second-order valence-corrected chi connectivity index (χ2v) is 10.2. The summed E-state index contributed by atoms with van der Waals surface area (Å²) in [4.78, 5) is 11.0. The van der Waals surface area contributed by atoms with Crippen LogP contribution in [0.2, 0.25) is 0 Å². The van der Waals surface area contributed by atoms with E-state index in [-0.39, 0.29) is 11.5 Å². The van der Waals surface area contributed by atoms with Gasteiger partial charge >= 0.3 is 5.97 Å². The minimum atomic E-state index is -0.842. The van der Waals surface area contributed by atoms with Crippen LogP contribution in [-0.4, -0.2) is 21.8 Å². The van der Waals surface area contributed by atoms with E-state index in [0.29, 0.717) is 11.3 Å². The number of hydrogen-bond acceptors (Lipinski definition) is 3. The van der Waals surface area contributed by atoms with Gasteiger partial charge in [-0.05, 0) is 115 Å². The Morgan fingerprint density at radius 3 is 2.48 bits per heavy atom. The van der Waals surface area contributed by atoms with Crippen LogP contribution in [0.5, 0.6) is 11.5 Å². The molecular formula is C29H42O4. The molecule has 0 fully saturated rings. The minimum absolute atomic E-state index is 0.174. The van der Waals surface area contributed by atoms with E-state index in [1.54, 1.807) is 6.92 Å². The molecule has 0 aromatic heterocycles. The van der Waals surface area contributed by atoms with E-state index in [2.05, 4.69) is 39.8 Å². The Morgan fingerprint density at radius 2 is 1.82 bits per heavy atom. The number of aliphatic carboxylic acids is 1. The summed E-state index contributed by atoms with van der Waals surface area (Å²) in [6.45, 7) is 14.2. The molecule has 0 radical (unpaired) electrons. The summed E-state index contributed by atoms with van der Waals surface area (Å²) < 4.78 is 6.47. The maximum Gasteiger partial charge on any atom is 0.330 e. The number of carboxylic acids is 1. The van der Waals surface area contributed by atoms with Crippen LogP contribution in [0, 0.1) is 19.8 Å². The van der Waals surface area contributed by atoms with Crippen molar-refractivity contribution in [3.8, 4) is 11.5 Å². The van der Waals surface area contributed by atoms with Crippen molar-refractivity contribution in [2.45, 2.75) is 99.0 Å². The molecule has 0 saturated heterocycles. The second-order valence-electron chi connectivity index (χ2n) is 10.2. The number of hydrogen-bond donors (Lipinski definition) is 2. The highest BCUT2D eigenvalue weighted by molar-refractivity contribution is 5.85. The van der Waals surface area contributed by atoms with E-state index in [4.69, 9.17) is 9.84 Å². The standard InChI is InChI=1S/C29H42O4/c1-19(10-8-11-20(2)16-21(3)17-22(4)28(31)32)12-9-14-29(7)15-13-25-18-26(30)23(5)24(6)27(25)33-29/h11-12,17-18,21,30H,8-10,13-16H2,1-7H3,(H,31,32)/b19-12+,20-11+,22-17+/t21?,29-/m1/s1. The Labute approximate surface area is 200 Å². The molecule has 0 amide bonds. The van der Waals surface area contributed by atoms with E-state index in [0.717, 1.165) is 67.4 Å². The molecule has 0 aliphatic carbocycles. The molecule has 4 nitrogen and oxygen atoms in total. The highest BCUT2D eigenvalue weighted by Crippen LogP contribution is 2.41. The molecule has 182 valence electrons. The van der Waals surface area contributed by atoms with Crippen molar-refractivity contribution < 1.29 is 19.7 Å². The van der Waals surface area contributed by atoms with Gasteiger partial charge in [-0.3, -0.25) is 0 Å². The van der Waals surface area contributed by atoms with Crippen molar-refractivity contribution >= 4 is 5.97 Å². The Bertz CT molecular complexity index is 951. The number of phenolic OH excluding ortho intramolecular Hbond substituents is 1. The van der Waals surface area contributed by atoms with Gasteiger partial charge in [0.05, 0.1) is 0 Å². The number of aryl methyl sites for hydroxylation is 1. The Kier molecular flexibility index (Phi) is 9.39. The largest absolute Gasteiger partial charge is 0.508 e. The Hall–Kier alpha value is -2.49. The predicted octanol–water partition coefficient (Wildman–Crippen LogP) is 7.60. The highest BCUT2D eigenvalue weighted by Gasteiger charge is 2.32. The Balaban J connectivity index is 1.83. The molecular weight excluding hydrogens is 412 g/mol. The lowest BCUT2D eigenvalue weighted by Crippen LogP contribution is -2.36. The van der Waals surface area contributed by atoms with Gasteiger partial charge in [-0.15, -0.1) is 0 Å². The van der Waals surface area contributed by atoms with Crippen LogP contribution in [0.1, 0.15) is 89.8 Å². The van der Waals surface area contributed by atoms with Gasteiger partial charge in [-0.2, -0.15) is 0 Å². The smallest absolute Gasteiger partial charge is 0.330 e. The summed E-state index contributed by atoms with van der Waals surface area (Å²) in [7, 11) is 0. The highest BCUT2D eigenvalue weighted by atomic mass is 16.5. The van der Waals surface area contributed by atoms with Gasteiger partial charge in [0.25, 0.3) is 0 Å². The molecule has 0 saturated carbocycles. The fourth-order valence-corrected chi connectivity index (χ4v) is 4.56. The molecule has 1 aliphatic rings. The van der Waals surface area contributed by atoms with E-state index in [1.165, 1.54) is 11.1 Å². The summed E-state index contributed by atoms with van der Waals surface area (Å²) in [5, 5.41) is 19.1. The fourth-order valence-electron chi connectivity index (χ4n) is 4.56. The molecule has 1 aromatic carbocycles. The van der Waals surface area contributed by atoms with Crippen molar-refractivity contribution in [1.82, 2.24) is 0 Å². The van der Waals surface area contributed by atoms with Crippen molar-refractivity contribution in [3.05, 3.63) is 57.7 Å². The van der Waals surface area contributed by atoms with E-state index < -0.39 is 5.97 Å². The molecule has 1 heterocycles. The first-order chi connectivity index (χ1) is 15.4. The van der Waals surface area contributed by atoms with Crippen LogP contribution in [0.15, 0.2) is 41.0 Å². The lowest BCUT2D eigenvalue weighted by atomic mass is 9.87. The number of carbonyl (C=O) groups is 1. The van der Waals surface area contributed by atoms with Crippen LogP contribution >= 0.6 is 0 Å². The number of fused-ring (bicyclic) bond motifs is 1. The zero-order valence-electron chi connectivity index (χ0n) is 21.5. The van der Waals surface area contributed by atoms with E-state index in [9.17, 15) is 9.90 Å². The maximum absolute atomic E-state index is 11.0. The molecule has 2 atom stereocenters. The summed E-state index contributed by atoms with van der Waals surface area (Å²) in [6.07, 6.45) is 13.3. The normalized spacial score (nSPS) is 20.3. The predicted molar refractivity (Wildman–Crippen MR) is 136 cm³/mol. The number of allylic oxidation sites excluding steroid dienone is 5. The fraction of sp³-hybridized carbons (Fsp3) is 0.552. The third kappa shape index (κ3) is 7.80. The average Bonchev–Trinajstić information content (AvgIpc) is 2.72. The SMILES string of the molecule is C/C(=C\CC[C@]1(C)CCc2cc(O)c(C)c(C)c2O1)CC/C=C(\C)CC(C)/C=C(\C)C(=O)O.